The number of nitriles is 1. The minimum Gasteiger partial charge on any atom is -0.493 e. The van der Waals surface area contributed by atoms with Gasteiger partial charge in [0, 0.05) is 16.2 Å². The zero-order chi connectivity index (χ0) is 32.8. The van der Waals surface area contributed by atoms with Gasteiger partial charge in [0.25, 0.3) is 5.56 Å². The predicted molar refractivity (Wildman–Crippen MR) is 176 cm³/mol. The fraction of sp³-hybridized carbons (Fsp3) is 0.235. The molecular formula is C34H30BrN3O7S. The molecule has 0 spiro atoms. The van der Waals surface area contributed by atoms with E-state index in [2.05, 4.69) is 27.0 Å². The SMILES string of the molecule is CCOc1ccc([C@@H]2C(C(=O)OC)=CN=c3s/c(=C/c4cc(Br)cc(OC)c4OCc4ccc(C#N)cc4)c(=O)n32)cc1OCC. The molecule has 0 fully saturated rings. The lowest BCUT2D eigenvalue weighted by molar-refractivity contribution is -0.136. The summed E-state index contributed by atoms with van der Waals surface area (Å²) in [7, 11) is 2.82. The van der Waals surface area contributed by atoms with Gasteiger partial charge in [0.15, 0.2) is 27.8 Å². The molecule has 0 unspecified atom stereocenters. The molecule has 1 aromatic heterocycles. The molecule has 0 saturated carbocycles. The van der Waals surface area contributed by atoms with Gasteiger partial charge in [-0.2, -0.15) is 5.26 Å². The summed E-state index contributed by atoms with van der Waals surface area (Å²) in [6.45, 7) is 4.79. The minimum absolute atomic E-state index is 0.198. The monoisotopic (exact) mass is 703 g/mol. The van der Waals surface area contributed by atoms with E-state index in [1.165, 1.54) is 36.3 Å². The number of hydrogen-bond donors (Lipinski definition) is 0. The number of hydrogen-bond acceptors (Lipinski definition) is 10. The van der Waals surface area contributed by atoms with Crippen molar-refractivity contribution in [3.8, 4) is 29.1 Å². The Kier molecular flexibility index (Phi) is 10.2. The Morgan fingerprint density at radius 1 is 1.02 bits per heavy atom. The van der Waals surface area contributed by atoms with Gasteiger partial charge < -0.3 is 23.7 Å². The van der Waals surface area contributed by atoms with E-state index in [4.69, 9.17) is 28.9 Å². The van der Waals surface area contributed by atoms with Crippen LogP contribution < -0.4 is 33.8 Å². The molecule has 1 aliphatic rings. The number of benzene rings is 3. The molecule has 0 amide bonds. The Bertz CT molecular complexity index is 2030. The van der Waals surface area contributed by atoms with Gasteiger partial charge in [-0.25, -0.2) is 9.79 Å². The molecule has 0 saturated heterocycles. The van der Waals surface area contributed by atoms with Gasteiger partial charge in [-0.15, -0.1) is 0 Å². The second-order valence-corrected chi connectivity index (χ2v) is 11.8. The van der Waals surface area contributed by atoms with Crippen molar-refractivity contribution in [3.63, 3.8) is 0 Å². The number of carbonyl (C=O) groups excluding carboxylic acids is 1. The molecule has 0 bridgehead atoms. The van der Waals surface area contributed by atoms with Gasteiger partial charge in [0.1, 0.15) is 6.61 Å². The molecule has 1 atom stereocenters. The number of fused-ring (bicyclic) bond motifs is 1. The molecule has 3 aromatic carbocycles. The van der Waals surface area contributed by atoms with Crippen LogP contribution in [-0.4, -0.2) is 38.0 Å². The van der Waals surface area contributed by atoms with Gasteiger partial charge in [-0.1, -0.05) is 45.5 Å². The smallest absolute Gasteiger partial charge is 0.337 e. The first-order valence-electron chi connectivity index (χ1n) is 14.3. The van der Waals surface area contributed by atoms with Crippen LogP contribution >= 0.6 is 27.3 Å². The first kappa shape index (κ1) is 32.5. The van der Waals surface area contributed by atoms with Crippen LogP contribution in [0.3, 0.4) is 0 Å². The third kappa shape index (κ3) is 6.71. The van der Waals surface area contributed by atoms with Crippen LogP contribution in [-0.2, 0) is 16.1 Å². The third-order valence-electron chi connectivity index (χ3n) is 7.03. The van der Waals surface area contributed by atoms with Crippen LogP contribution in [0.2, 0.25) is 0 Å². The topological polar surface area (TPSA) is 121 Å². The molecule has 4 aromatic rings. The van der Waals surface area contributed by atoms with Crippen molar-refractivity contribution in [1.82, 2.24) is 4.57 Å². The van der Waals surface area contributed by atoms with Crippen LogP contribution in [0.5, 0.6) is 23.0 Å². The Morgan fingerprint density at radius 2 is 1.76 bits per heavy atom. The molecular weight excluding hydrogens is 674 g/mol. The van der Waals surface area contributed by atoms with Crippen molar-refractivity contribution in [2.24, 2.45) is 4.99 Å². The van der Waals surface area contributed by atoms with Gasteiger partial charge in [-0.05, 0) is 67.4 Å². The second kappa shape index (κ2) is 14.5. The number of carbonyl (C=O) groups is 1. The molecule has 12 heteroatoms. The summed E-state index contributed by atoms with van der Waals surface area (Å²) < 4.78 is 31.1. The fourth-order valence-electron chi connectivity index (χ4n) is 4.96. The van der Waals surface area contributed by atoms with Gasteiger partial charge in [0.2, 0.25) is 0 Å². The normalized spacial score (nSPS) is 14.0. The molecule has 0 radical (unpaired) electrons. The Hall–Kier alpha value is -4.86. The molecule has 1 aliphatic heterocycles. The predicted octanol–water partition coefficient (Wildman–Crippen LogP) is 5.04. The summed E-state index contributed by atoms with van der Waals surface area (Å²) in [6, 6.07) is 17.3. The summed E-state index contributed by atoms with van der Waals surface area (Å²) >= 11 is 4.71. The van der Waals surface area contributed by atoms with Gasteiger partial charge >= 0.3 is 5.97 Å². The van der Waals surface area contributed by atoms with Crippen LogP contribution in [0.4, 0.5) is 0 Å². The molecule has 10 nitrogen and oxygen atoms in total. The van der Waals surface area contributed by atoms with Crippen molar-refractivity contribution >= 4 is 39.3 Å². The number of esters is 1. The maximum Gasteiger partial charge on any atom is 0.337 e. The first-order valence-corrected chi connectivity index (χ1v) is 15.9. The number of thiazole rings is 1. The fourth-order valence-corrected chi connectivity index (χ4v) is 6.38. The summed E-state index contributed by atoms with van der Waals surface area (Å²) in [5.41, 5.74) is 2.46. The van der Waals surface area contributed by atoms with Crippen LogP contribution in [0.15, 0.2) is 80.6 Å². The minimum atomic E-state index is -0.829. The Balaban J connectivity index is 1.63. The van der Waals surface area contributed by atoms with Crippen molar-refractivity contribution in [2.75, 3.05) is 27.4 Å². The van der Waals surface area contributed by atoms with Crippen LogP contribution in [0.25, 0.3) is 6.08 Å². The van der Waals surface area contributed by atoms with Crippen LogP contribution in [0.1, 0.15) is 42.1 Å². The number of rotatable bonds is 11. The average Bonchev–Trinajstić information content (AvgIpc) is 3.38. The maximum absolute atomic E-state index is 14.2. The molecule has 46 heavy (non-hydrogen) atoms. The highest BCUT2D eigenvalue weighted by atomic mass is 79.9. The lowest BCUT2D eigenvalue weighted by atomic mass is 9.97. The maximum atomic E-state index is 14.2. The standard InChI is InChI=1S/C34H30BrN3O7S/c1-5-43-26-12-11-22(14-27(26)44-6-2)30-25(33(40)42-4)18-37-34-38(30)32(39)29(46-34)15-23-13-24(35)16-28(41-3)31(23)45-19-21-9-7-20(17-36)8-10-21/h7-16,18,30H,5-6,19H2,1-4H3/b29-15+/t30-/m1/s1. The number of methoxy groups -OCH3 is 2. The molecule has 0 N–H and O–H groups in total. The van der Waals surface area contributed by atoms with E-state index in [0.29, 0.717) is 62.2 Å². The summed E-state index contributed by atoms with van der Waals surface area (Å²) in [4.78, 5) is 32.0. The second-order valence-electron chi connectivity index (χ2n) is 9.87. The molecule has 236 valence electrons. The zero-order valence-electron chi connectivity index (χ0n) is 25.5. The third-order valence-corrected chi connectivity index (χ3v) is 8.48. The van der Waals surface area contributed by atoms with Gasteiger partial charge in [0.05, 0.1) is 55.2 Å². The zero-order valence-corrected chi connectivity index (χ0v) is 27.9. The van der Waals surface area contributed by atoms with E-state index < -0.39 is 12.0 Å². The molecule has 0 aliphatic carbocycles. The van der Waals surface area contributed by atoms with E-state index >= 15 is 0 Å². The highest BCUT2D eigenvalue weighted by Crippen LogP contribution is 2.37. The van der Waals surface area contributed by atoms with Crippen LogP contribution in [0, 0.1) is 11.3 Å². The van der Waals surface area contributed by atoms with E-state index in [-0.39, 0.29) is 17.7 Å². The Labute approximate surface area is 277 Å². The summed E-state index contributed by atoms with van der Waals surface area (Å²) in [5.74, 6) is 1.34. The van der Waals surface area contributed by atoms with Crippen molar-refractivity contribution in [2.45, 2.75) is 26.5 Å². The van der Waals surface area contributed by atoms with E-state index in [9.17, 15) is 9.59 Å². The number of halogens is 1. The van der Waals surface area contributed by atoms with E-state index in [0.717, 1.165) is 10.0 Å². The van der Waals surface area contributed by atoms with Crippen molar-refractivity contribution in [3.05, 3.63) is 113 Å². The largest absolute Gasteiger partial charge is 0.493 e. The highest BCUT2D eigenvalue weighted by molar-refractivity contribution is 9.10. The summed E-state index contributed by atoms with van der Waals surface area (Å²) in [5, 5.41) is 9.11. The van der Waals surface area contributed by atoms with Crippen molar-refractivity contribution in [1.29, 1.82) is 5.26 Å². The quantitative estimate of drug-likeness (QED) is 0.199. The van der Waals surface area contributed by atoms with E-state index in [1.54, 1.807) is 42.5 Å². The lowest BCUT2D eigenvalue weighted by Gasteiger charge is -2.23. The first-order chi connectivity index (χ1) is 22.3. The lowest BCUT2D eigenvalue weighted by Crippen LogP contribution is -2.39. The van der Waals surface area contributed by atoms with Gasteiger partial charge in [-0.3, -0.25) is 9.36 Å². The Morgan fingerprint density at radius 3 is 2.43 bits per heavy atom. The molecule has 2 heterocycles. The highest BCUT2D eigenvalue weighted by Gasteiger charge is 2.31. The van der Waals surface area contributed by atoms with E-state index in [1.807, 2.05) is 32.0 Å². The number of aromatic nitrogens is 1. The van der Waals surface area contributed by atoms with Crippen molar-refractivity contribution < 1.29 is 28.5 Å². The summed E-state index contributed by atoms with van der Waals surface area (Å²) in [6.07, 6.45) is 3.16. The number of ether oxygens (including phenoxy) is 5. The molecule has 5 rings (SSSR count). The number of nitrogens with zero attached hydrogens (tertiary/aromatic N) is 3. The average molecular weight is 705 g/mol.